The first-order valence-corrected chi connectivity index (χ1v) is 7.42. The highest BCUT2D eigenvalue weighted by atomic mass is 79.9. The first-order chi connectivity index (χ1) is 9.88. The number of carbonyl (C=O) groups is 1. The molecule has 0 bridgehead atoms. The average molecular weight is 347 g/mol. The molecule has 0 fully saturated rings. The summed E-state index contributed by atoms with van der Waals surface area (Å²) in [5.41, 5.74) is 1.69. The van der Waals surface area contributed by atoms with Gasteiger partial charge in [-0.25, -0.2) is 0 Å². The van der Waals surface area contributed by atoms with Crippen molar-refractivity contribution in [3.8, 4) is 11.5 Å². The fourth-order valence-electron chi connectivity index (χ4n) is 2.14. The summed E-state index contributed by atoms with van der Waals surface area (Å²) in [6.07, 6.45) is 2.57. The first kappa shape index (κ1) is 14.1. The van der Waals surface area contributed by atoms with Crippen LogP contribution in [0.5, 0.6) is 0 Å². The number of furan rings is 1. The lowest BCUT2D eigenvalue weighted by Crippen LogP contribution is -2.22. The molecule has 0 amide bonds. The van der Waals surface area contributed by atoms with E-state index >= 15 is 0 Å². The maximum atomic E-state index is 11.3. The molecule has 1 aromatic carbocycles. The second-order valence-corrected chi connectivity index (χ2v) is 6.87. The van der Waals surface area contributed by atoms with Gasteiger partial charge in [0, 0.05) is 16.1 Å². The summed E-state index contributed by atoms with van der Waals surface area (Å²) in [6.45, 7) is 6.11. The zero-order valence-corrected chi connectivity index (χ0v) is 13.6. The molecule has 0 unspecified atom stereocenters. The zero-order valence-electron chi connectivity index (χ0n) is 12.1. The number of rotatable bonds is 2. The van der Waals surface area contributed by atoms with E-state index in [-0.39, 0.29) is 5.54 Å². The summed E-state index contributed by atoms with van der Waals surface area (Å²) < 4.78 is 8.59. The topological polar surface area (TPSA) is 48.0 Å². The van der Waals surface area contributed by atoms with Crippen molar-refractivity contribution < 1.29 is 9.21 Å². The molecule has 0 N–H and O–H groups in total. The Bertz CT molecular complexity index is 825. The molecular weight excluding hydrogens is 332 g/mol. The van der Waals surface area contributed by atoms with Crippen molar-refractivity contribution in [2.45, 2.75) is 26.3 Å². The molecule has 0 spiro atoms. The lowest BCUT2D eigenvalue weighted by Gasteiger charge is -2.18. The van der Waals surface area contributed by atoms with Gasteiger partial charge < -0.3 is 4.42 Å². The van der Waals surface area contributed by atoms with E-state index in [0.29, 0.717) is 17.0 Å². The molecule has 2 aromatic heterocycles. The van der Waals surface area contributed by atoms with E-state index in [9.17, 15) is 4.79 Å². The predicted molar refractivity (Wildman–Crippen MR) is 85.5 cm³/mol. The van der Waals surface area contributed by atoms with Crippen LogP contribution in [0, 0.1) is 0 Å². The fourth-order valence-corrected chi connectivity index (χ4v) is 2.52. The third-order valence-electron chi connectivity index (χ3n) is 3.27. The van der Waals surface area contributed by atoms with Crippen LogP contribution in [0.25, 0.3) is 22.4 Å². The smallest absolute Gasteiger partial charge is 0.156 e. The maximum absolute atomic E-state index is 11.3. The Hall–Kier alpha value is -1.88. The van der Waals surface area contributed by atoms with Gasteiger partial charge in [-0.1, -0.05) is 15.9 Å². The summed E-state index contributed by atoms with van der Waals surface area (Å²) in [5.74, 6) is 0.605. The number of halogens is 1. The molecule has 0 atom stereocenters. The highest BCUT2D eigenvalue weighted by molar-refractivity contribution is 9.10. The van der Waals surface area contributed by atoms with Crippen LogP contribution in [-0.4, -0.2) is 16.1 Å². The third kappa shape index (κ3) is 2.53. The van der Waals surface area contributed by atoms with E-state index in [1.165, 1.54) is 0 Å². The number of hydrogen-bond donors (Lipinski definition) is 0. The average Bonchev–Trinajstić information content (AvgIpc) is 3.00. The van der Waals surface area contributed by atoms with Crippen molar-refractivity contribution in [2.24, 2.45) is 0 Å². The molecule has 0 radical (unpaired) electrons. The van der Waals surface area contributed by atoms with Crippen LogP contribution in [0.1, 0.15) is 31.1 Å². The Labute approximate surface area is 130 Å². The maximum Gasteiger partial charge on any atom is 0.156 e. The van der Waals surface area contributed by atoms with Crippen LogP contribution in [0.2, 0.25) is 0 Å². The van der Waals surface area contributed by atoms with Gasteiger partial charge >= 0.3 is 0 Å². The first-order valence-electron chi connectivity index (χ1n) is 6.63. The van der Waals surface area contributed by atoms with E-state index in [2.05, 4.69) is 21.0 Å². The number of nitrogens with zero attached hydrogens (tertiary/aromatic N) is 2. The molecule has 108 valence electrons. The highest BCUT2D eigenvalue weighted by Gasteiger charge is 2.20. The Balaban J connectivity index is 2.17. The minimum absolute atomic E-state index is 0.189. The van der Waals surface area contributed by atoms with Gasteiger partial charge in [-0.15, -0.1) is 0 Å². The molecule has 0 aliphatic rings. The minimum atomic E-state index is -0.189. The molecule has 0 saturated carbocycles. The quantitative estimate of drug-likeness (QED) is 0.635. The summed E-state index contributed by atoms with van der Waals surface area (Å²) in [6, 6.07) is 7.69. The van der Waals surface area contributed by atoms with Crippen LogP contribution < -0.4 is 0 Å². The summed E-state index contributed by atoms with van der Waals surface area (Å²) in [4.78, 5) is 11.3. The SMILES string of the molecule is CC(C)(C)n1cc(C=O)c(-c2cc3cc(Br)ccc3o2)n1. The van der Waals surface area contributed by atoms with Gasteiger partial charge in [-0.3, -0.25) is 9.48 Å². The lowest BCUT2D eigenvalue weighted by atomic mass is 10.1. The van der Waals surface area contributed by atoms with Crippen molar-refractivity contribution in [3.63, 3.8) is 0 Å². The van der Waals surface area contributed by atoms with Crippen LogP contribution in [0.15, 0.2) is 39.4 Å². The Morgan fingerprint density at radius 3 is 2.71 bits per heavy atom. The number of fused-ring (bicyclic) bond motifs is 1. The van der Waals surface area contributed by atoms with E-state index in [1.54, 1.807) is 10.9 Å². The van der Waals surface area contributed by atoms with Gasteiger partial charge in [0.2, 0.25) is 0 Å². The number of hydrogen-bond acceptors (Lipinski definition) is 3. The fraction of sp³-hybridized carbons (Fsp3) is 0.250. The molecule has 2 heterocycles. The molecule has 0 aliphatic carbocycles. The predicted octanol–water partition coefficient (Wildman–Crippen LogP) is 4.63. The van der Waals surface area contributed by atoms with E-state index < -0.39 is 0 Å². The summed E-state index contributed by atoms with van der Waals surface area (Å²) in [5, 5.41) is 5.49. The molecule has 0 saturated heterocycles. The summed E-state index contributed by atoms with van der Waals surface area (Å²) >= 11 is 3.44. The molecule has 0 aliphatic heterocycles. The van der Waals surface area contributed by atoms with Gasteiger partial charge in [0.1, 0.15) is 11.3 Å². The third-order valence-corrected chi connectivity index (χ3v) is 3.76. The lowest BCUT2D eigenvalue weighted by molar-refractivity contribution is 0.112. The number of aldehydes is 1. The minimum Gasteiger partial charge on any atom is -0.454 e. The normalized spacial score (nSPS) is 12.0. The Morgan fingerprint density at radius 2 is 2.05 bits per heavy atom. The van der Waals surface area contributed by atoms with Crippen LogP contribution in [0.4, 0.5) is 0 Å². The second-order valence-electron chi connectivity index (χ2n) is 5.96. The largest absolute Gasteiger partial charge is 0.454 e. The van der Waals surface area contributed by atoms with Gasteiger partial charge in [0.05, 0.1) is 11.1 Å². The molecular formula is C16H15BrN2O2. The number of aromatic nitrogens is 2. The van der Waals surface area contributed by atoms with E-state index in [4.69, 9.17) is 4.42 Å². The monoisotopic (exact) mass is 346 g/mol. The van der Waals surface area contributed by atoms with Gasteiger partial charge in [-0.2, -0.15) is 5.10 Å². The molecule has 21 heavy (non-hydrogen) atoms. The molecule has 4 nitrogen and oxygen atoms in total. The van der Waals surface area contributed by atoms with E-state index in [0.717, 1.165) is 21.7 Å². The Kier molecular flexibility index (Phi) is 3.24. The molecule has 3 aromatic rings. The van der Waals surface area contributed by atoms with E-state index in [1.807, 2.05) is 45.0 Å². The van der Waals surface area contributed by atoms with Gasteiger partial charge in [0.15, 0.2) is 12.0 Å². The van der Waals surface area contributed by atoms with Crippen molar-refractivity contribution in [2.75, 3.05) is 0 Å². The van der Waals surface area contributed by atoms with Crippen LogP contribution in [-0.2, 0) is 5.54 Å². The second kappa shape index (κ2) is 4.84. The molecule has 3 rings (SSSR count). The van der Waals surface area contributed by atoms with Crippen molar-refractivity contribution >= 4 is 33.2 Å². The van der Waals surface area contributed by atoms with Crippen molar-refractivity contribution in [3.05, 3.63) is 40.5 Å². The zero-order chi connectivity index (χ0) is 15.2. The number of carbonyl (C=O) groups excluding carboxylic acids is 1. The number of benzene rings is 1. The Morgan fingerprint density at radius 1 is 1.29 bits per heavy atom. The van der Waals surface area contributed by atoms with Gasteiger partial charge in [-0.05, 0) is 45.0 Å². The van der Waals surface area contributed by atoms with Crippen LogP contribution in [0.3, 0.4) is 0 Å². The summed E-state index contributed by atoms with van der Waals surface area (Å²) in [7, 11) is 0. The highest BCUT2D eigenvalue weighted by Crippen LogP contribution is 2.31. The standard InChI is InChI=1S/C16H15BrN2O2/c1-16(2,3)19-8-11(9-20)15(18-19)14-7-10-6-12(17)4-5-13(10)21-14/h4-9H,1-3H3. The van der Waals surface area contributed by atoms with Crippen molar-refractivity contribution in [1.29, 1.82) is 0 Å². The molecule has 5 heteroatoms. The van der Waals surface area contributed by atoms with Crippen LogP contribution >= 0.6 is 15.9 Å². The van der Waals surface area contributed by atoms with Gasteiger partial charge in [0.25, 0.3) is 0 Å². The van der Waals surface area contributed by atoms with Crippen molar-refractivity contribution in [1.82, 2.24) is 9.78 Å².